The number of carbonyl (C=O) groups excluding carboxylic acids is 1. The van der Waals surface area contributed by atoms with E-state index in [0.717, 1.165) is 29.6 Å². The van der Waals surface area contributed by atoms with E-state index in [1.165, 1.54) is 24.2 Å². The molecule has 1 fully saturated rings. The van der Waals surface area contributed by atoms with Gasteiger partial charge in [0.2, 0.25) is 0 Å². The average molecular weight is 407 g/mol. The summed E-state index contributed by atoms with van der Waals surface area (Å²) in [6.45, 7) is 4.89. The molecule has 0 saturated carbocycles. The van der Waals surface area contributed by atoms with Crippen LogP contribution in [0.25, 0.3) is 0 Å². The second-order valence-electron chi connectivity index (χ2n) is 5.75. The number of aromatic nitrogens is 1. The van der Waals surface area contributed by atoms with Crippen LogP contribution in [0.15, 0.2) is 21.9 Å². The number of nitrogens with one attached hydrogen (secondary N) is 1. The second-order valence-corrected chi connectivity index (χ2v) is 6.69. The molecule has 2 aromatic heterocycles. The second kappa shape index (κ2) is 10.1. The standard InChI is InChI=1S/C16H22N4O2S.2ClH/c1-11-4-5-14(22-11)13(20-6-2-3-7-20)9-18-16(21)12-10-23-15(8-17)19-12;;/h4-5,10,13H,2-3,6-9,17H2,1H3,(H,18,21);2*1H. The van der Waals surface area contributed by atoms with E-state index in [9.17, 15) is 4.79 Å². The van der Waals surface area contributed by atoms with Crippen molar-refractivity contribution in [2.75, 3.05) is 19.6 Å². The van der Waals surface area contributed by atoms with Crippen LogP contribution in [0.3, 0.4) is 0 Å². The third-order valence-corrected chi connectivity index (χ3v) is 4.96. The number of aryl methyl sites for hydroxylation is 1. The van der Waals surface area contributed by atoms with Gasteiger partial charge < -0.3 is 15.5 Å². The highest BCUT2D eigenvalue weighted by atomic mass is 35.5. The Morgan fingerprint density at radius 2 is 2.12 bits per heavy atom. The van der Waals surface area contributed by atoms with Gasteiger partial charge in [-0.25, -0.2) is 4.98 Å². The van der Waals surface area contributed by atoms with E-state index in [-0.39, 0.29) is 36.8 Å². The summed E-state index contributed by atoms with van der Waals surface area (Å²) in [6, 6.07) is 4.04. The zero-order valence-electron chi connectivity index (χ0n) is 14.1. The van der Waals surface area contributed by atoms with E-state index < -0.39 is 0 Å². The number of likely N-dealkylation sites (tertiary alicyclic amines) is 1. The van der Waals surface area contributed by atoms with Crippen molar-refractivity contribution in [2.24, 2.45) is 5.73 Å². The molecule has 1 saturated heterocycles. The summed E-state index contributed by atoms with van der Waals surface area (Å²) in [4.78, 5) is 18.9. The largest absolute Gasteiger partial charge is 0.465 e. The summed E-state index contributed by atoms with van der Waals surface area (Å²) in [6.07, 6.45) is 2.38. The summed E-state index contributed by atoms with van der Waals surface area (Å²) in [5.41, 5.74) is 5.98. The van der Waals surface area contributed by atoms with E-state index >= 15 is 0 Å². The Morgan fingerprint density at radius 1 is 1.40 bits per heavy atom. The van der Waals surface area contributed by atoms with Gasteiger partial charge in [-0.05, 0) is 45.0 Å². The molecule has 1 unspecified atom stereocenters. The third kappa shape index (κ3) is 5.43. The van der Waals surface area contributed by atoms with Crippen LogP contribution in [0, 0.1) is 6.92 Å². The molecule has 3 heterocycles. The number of hydrogen-bond donors (Lipinski definition) is 2. The summed E-state index contributed by atoms with van der Waals surface area (Å²) >= 11 is 1.41. The Morgan fingerprint density at radius 3 is 2.68 bits per heavy atom. The zero-order chi connectivity index (χ0) is 16.2. The number of amides is 1. The number of carbonyl (C=O) groups is 1. The van der Waals surface area contributed by atoms with Gasteiger partial charge in [-0.2, -0.15) is 0 Å². The molecule has 9 heteroatoms. The van der Waals surface area contributed by atoms with E-state index in [4.69, 9.17) is 10.2 Å². The quantitative estimate of drug-likeness (QED) is 0.769. The first-order valence-corrected chi connectivity index (χ1v) is 8.78. The molecular weight excluding hydrogens is 383 g/mol. The van der Waals surface area contributed by atoms with E-state index in [1.807, 2.05) is 19.1 Å². The molecule has 0 aliphatic carbocycles. The van der Waals surface area contributed by atoms with E-state index in [2.05, 4.69) is 15.2 Å². The van der Waals surface area contributed by atoms with Gasteiger partial charge in [0.05, 0.1) is 6.04 Å². The summed E-state index contributed by atoms with van der Waals surface area (Å²) < 4.78 is 5.79. The molecule has 3 rings (SSSR count). The van der Waals surface area contributed by atoms with Gasteiger partial charge in [-0.3, -0.25) is 9.69 Å². The lowest BCUT2D eigenvalue weighted by atomic mass is 10.2. The maximum absolute atomic E-state index is 12.3. The van der Waals surface area contributed by atoms with E-state index in [0.29, 0.717) is 18.8 Å². The lowest BCUT2D eigenvalue weighted by Gasteiger charge is -2.25. The van der Waals surface area contributed by atoms with Crippen LogP contribution in [-0.4, -0.2) is 35.4 Å². The number of nitrogens with zero attached hydrogens (tertiary/aromatic N) is 2. The Labute approximate surface area is 164 Å². The van der Waals surface area contributed by atoms with Crippen molar-refractivity contribution in [3.63, 3.8) is 0 Å². The van der Waals surface area contributed by atoms with Gasteiger partial charge in [-0.15, -0.1) is 36.2 Å². The fourth-order valence-corrected chi connectivity index (χ4v) is 3.54. The van der Waals surface area contributed by atoms with Crippen LogP contribution >= 0.6 is 36.2 Å². The fourth-order valence-electron chi connectivity index (χ4n) is 2.88. The molecule has 140 valence electrons. The topological polar surface area (TPSA) is 84.4 Å². The third-order valence-electron chi connectivity index (χ3n) is 4.09. The van der Waals surface area contributed by atoms with Crippen molar-refractivity contribution in [3.05, 3.63) is 39.7 Å². The number of hydrogen-bond acceptors (Lipinski definition) is 6. The number of thiazole rings is 1. The van der Waals surface area contributed by atoms with Crippen LogP contribution in [-0.2, 0) is 6.54 Å². The van der Waals surface area contributed by atoms with Crippen LogP contribution in [0.4, 0.5) is 0 Å². The molecule has 0 aromatic carbocycles. The number of nitrogens with two attached hydrogens (primary N) is 1. The molecule has 0 radical (unpaired) electrons. The van der Waals surface area contributed by atoms with Crippen molar-refractivity contribution in [2.45, 2.75) is 32.4 Å². The molecule has 0 bridgehead atoms. The highest BCUT2D eigenvalue weighted by Crippen LogP contribution is 2.26. The smallest absolute Gasteiger partial charge is 0.270 e. The summed E-state index contributed by atoms with van der Waals surface area (Å²) in [5, 5.41) is 5.50. The zero-order valence-corrected chi connectivity index (χ0v) is 16.5. The molecule has 6 nitrogen and oxygen atoms in total. The fraction of sp³-hybridized carbons (Fsp3) is 0.500. The van der Waals surface area contributed by atoms with Crippen molar-refractivity contribution in [3.8, 4) is 0 Å². The Hall–Kier alpha value is -1.12. The maximum atomic E-state index is 12.3. The van der Waals surface area contributed by atoms with Crippen LogP contribution in [0.2, 0.25) is 0 Å². The Balaban J connectivity index is 0.00000156. The van der Waals surface area contributed by atoms with Gasteiger partial charge in [0.1, 0.15) is 22.2 Å². The minimum Gasteiger partial charge on any atom is -0.465 e. The molecule has 1 amide bonds. The molecule has 25 heavy (non-hydrogen) atoms. The van der Waals surface area contributed by atoms with Gasteiger partial charge >= 0.3 is 0 Å². The monoisotopic (exact) mass is 406 g/mol. The predicted molar refractivity (Wildman–Crippen MR) is 104 cm³/mol. The summed E-state index contributed by atoms with van der Waals surface area (Å²) in [5.74, 6) is 1.64. The van der Waals surface area contributed by atoms with Gasteiger partial charge in [0.15, 0.2) is 0 Å². The Bertz CT molecular complexity index is 671. The van der Waals surface area contributed by atoms with Gasteiger partial charge in [0, 0.05) is 18.5 Å². The highest BCUT2D eigenvalue weighted by molar-refractivity contribution is 7.09. The SMILES string of the molecule is Cc1ccc(C(CNC(=O)c2csc(CN)n2)N2CCCC2)o1.Cl.Cl. The normalized spacial score (nSPS) is 15.3. The molecular formula is C16H24Cl2N4O2S. The van der Waals surface area contributed by atoms with Crippen molar-refractivity contribution in [1.29, 1.82) is 0 Å². The molecule has 0 spiro atoms. The van der Waals surface area contributed by atoms with Crippen LogP contribution < -0.4 is 11.1 Å². The molecule has 2 aromatic rings. The van der Waals surface area contributed by atoms with Crippen molar-refractivity contribution in [1.82, 2.24) is 15.2 Å². The maximum Gasteiger partial charge on any atom is 0.270 e. The number of furan rings is 1. The molecule has 1 aliphatic heterocycles. The van der Waals surface area contributed by atoms with E-state index in [1.54, 1.807) is 5.38 Å². The lowest BCUT2D eigenvalue weighted by Crippen LogP contribution is -2.36. The number of rotatable bonds is 6. The molecule has 1 aliphatic rings. The predicted octanol–water partition coefficient (Wildman–Crippen LogP) is 2.91. The van der Waals surface area contributed by atoms with Crippen LogP contribution in [0.1, 0.15) is 45.9 Å². The first kappa shape index (κ1) is 21.9. The molecule has 1 atom stereocenters. The van der Waals surface area contributed by atoms with Gasteiger partial charge in [-0.1, -0.05) is 0 Å². The minimum atomic E-state index is -0.159. The van der Waals surface area contributed by atoms with Crippen molar-refractivity contribution < 1.29 is 9.21 Å². The average Bonchev–Trinajstić information content (AvgIpc) is 3.29. The number of halogens is 2. The first-order valence-electron chi connectivity index (χ1n) is 7.90. The minimum absolute atomic E-state index is 0. The summed E-state index contributed by atoms with van der Waals surface area (Å²) in [7, 11) is 0. The van der Waals surface area contributed by atoms with Gasteiger partial charge in [0.25, 0.3) is 5.91 Å². The molecule has 3 N–H and O–H groups in total. The van der Waals surface area contributed by atoms with Crippen LogP contribution in [0.5, 0.6) is 0 Å². The van der Waals surface area contributed by atoms with Crippen molar-refractivity contribution >= 4 is 42.1 Å². The first-order chi connectivity index (χ1) is 11.2. The Kier molecular flexibility index (Phi) is 8.88. The lowest BCUT2D eigenvalue weighted by molar-refractivity contribution is 0.0929. The highest BCUT2D eigenvalue weighted by Gasteiger charge is 2.26.